The predicted octanol–water partition coefficient (Wildman–Crippen LogP) is 1.09. The van der Waals surface area contributed by atoms with Crippen LogP contribution in [0.15, 0.2) is 29.3 Å². The van der Waals surface area contributed by atoms with Crippen LogP contribution in [0.5, 0.6) is 0 Å². The maximum atomic E-state index is 12.7. The van der Waals surface area contributed by atoms with Gasteiger partial charge in [-0.3, -0.25) is 14.6 Å². The number of benzene rings is 1. The van der Waals surface area contributed by atoms with E-state index in [1.165, 1.54) is 11.1 Å². The number of carbonyl (C=O) groups is 2. The Morgan fingerprint density at radius 1 is 1.06 bits per heavy atom. The van der Waals surface area contributed by atoms with E-state index in [4.69, 9.17) is 4.74 Å². The summed E-state index contributed by atoms with van der Waals surface area (Å²) >= 11 is 0. The van der Waals surface area contributed by atoms with Gasteiger partial charge in [0, 0.05) is 52.9 Å². The molecule has 1 aromatic rings. The first-order valence-corrected chi connectivity index (χ1v) is 10.9. The van der Waals surface area contributed by atoms with Gasteiger partial charge in [0.2, 0.25) is 5.91 Å². The van der Waals surface area contributed by atoms with Crippen molar-refractivity contribution in [3.63, 3.8) is 0 Å². The molecule has 3 aliphatic heterocycles. The molecule has 0 aromatic heterocycles. The molecule has 4 rings (SSSR count). The third kappa shape index (κ3) is 5.68. The Morgan fingerprint density at radius 3 is 2.45 bits per heavy atom. The Labute approximate surface area is 201 Å². The first-order valence-electron chi connectivity index (χ1n) is 10.9. The molecular weight excluding hydrogens is 509 g/mol. The van der Waals surface area contributed by atoms with Crippen molar-refractivity contribution in [1.29, 1.82) is 0 Å². The molecule has 0 aliphatic carbocycles. The largest absolute Gasteiger partial charge is 0.368 e. The van der Waals surface area contributed by atoms with Gasteiger partial charge in [-0.1, -0.05) is 24.3 Å². The van der Waals surface area contributed by atoms with E-state index in [0.29, 0.717) is 45.3 Å². The summed E-state index contributed by atoms with van der Waals surface area (Å²) < 4.78 is 5.52. The molecule has 2 saturated heterocycles. The van der Waals surface area contributed by atoms with Crippen molar-refractivity contribution in [2.75, 3.05) is 52.9 Å². The fourth-order valence-electron chi connectivity index (χ4n) is 4.42. The van der Waals surface area contributed by atoms with Gasteiger partial charge in [-0.25, -0.2) is 0 Å². The highest BCUT2D eigenvalue weighted by Crippen LogP contribution is 2.18. The summed E-state index contributed by atoms with van der Waals surface area (Å²) in [7, 11) is 1.73. The van der Waals surface area contributed by atoms with Crippen LogP contribution >= 0.6 is 24.0 Å². The van der Waals surface area contributed by atoms with Gasteiger partial charge in [0.05, 0.1) is 6.54 Å². The Balaban J connectivity index is 0.00000272. The zero-order valence-corrected chi connectivity index (χ0v) is 20.4. The number of fused-ring (bicyclic) bond motifs is 1. The molecule has 0 saturated carbocycles. The summed E-state index contributed by atoms with van der Waals surface area (Å²) in [6, 6.07) is 8.31. The topological polar surface area (TPSA) is 77.5 Å². The van der Waals surface area contributed by atoms with Crippen molar-refractivity contribution < 1.29 is 14.3 Å². The van der Waals surface area contributed by atoms with Crippen molar-refractivity contribution >= 4 is 41.8 Å². The van der Waals surface area contributed by atoms with Gasteiger partial charge >= 0.3 is 0 Å². The first kappa shape index (κ1) is 23.8. The SMILES string of the molecule is CN=C(NCC(=O)N1CCc2ccccc2C1)N1CCN(C(=O)C2CCCO2)CC1.I. The Bertz CT molecular complexity index is 804. The maximum Gasteiger partial charge on any atom is 0.251 e. The van der Waals surface area contributed by atoms with Crippen molar-refractivity contribution in [3.05, 3.63) is 35.4 Å². The van der Waals surface area contributed by atoms with Gasteiger partial charge in [-0.05, 0) is 30.4 Å². The van der Waals surface area contributed by atoms with Gasteiger partial charge in [0.15, 0.2) is 5.96 Å². The van der Waals surface area contributed by atoms with E-state index in [2.05, 4.69) is 33.4 Å². The molecule has 0 bridgehead atoms. The van der Waals surface area contributed by atoms with Crippen molar-refractivity contribution in [2.45, 2.75) is 31.9 Å². The third-order valence-corrected chi connectivity index (χ3v) is 6.19. The number of hydrogen-bond donors (Lipinski definition) is 1. The molecule has 0 spiro atoms. The quantitative estimate of drug-likeness (QED) is 0.353. The molecule has 9 heteroatoms. The lowest BCUT2D eigenvalue weighted by molar-refractivity contribution is -0.142. The second-order valence-electron chi connectivity index (χ2n) is 8.05. The molecule has 1 aromatic carbocycles. The second kappa shape index (κ2) is 11.1. The average Bonchev–Trinajstić information content (AvgIpc) is 3.34. The second-order valence-corrected chi connectivity index (χ2v) is 8.05. The zero-order valence-electron chi connectivity index (χ0n) is 18.1. The number of guanidine groups is 1. The van der Waals surface area contributed by atoms with E-state index in [0.717, 1.165) is 25.8 Å². The minimum absolute atomic E-state index is 0. The molecule has 3 aliphatic rings. The van der Waals surface area contributed by atoms with Crippen molar-refractivity contribution in [3.8, 4) is 0 Å². The number of ether oxygens (including phenoxy) is 1. The molecule has 2 fully saturated rings. The van der Waals surface area contributed by atoms with Gasteiger partial charge in [-0.15, -0.1) is 24.0 Å². The number of halogens is 1. The van der Waals surface area contributed by atoms with E-state index in [-0.39, 0.29) is 48.4 Å². The molecule has 31 heavy (non-hydrogen) atoms. The van der Waals surface area contributed by atoms with E-state index in [1.807, 2.05) is 15.9 Å². The normalized spacial score (nSPS) is 21.4. The van der Waals surface area contributed by atoms with Crippen LogP contribution in [0.2, 0.25) is 0 Å². The molecule has 1 unspecified atom stereocenters. The van der Waals surface area contributed by atoms with Crippen molar-refractivity contribution in [1.82, 2.24) is 20.0 Å². The lowest BCUT2D eigenvalue weighted by atomic mass is 10.00. The zero-order chi connectivity index (χ0) is 20.9. The minimum Gasteiger partial charge on any atom is -0.368 e. The smallest absolute Gasteiger partial charge is 0.251 e. The minimum atomic E-state index is -0.263. The van der Waals surface area contributed by atoms with Crippen LogP contribution in [0, 0.1) is 0 Å². The molecule has 2 amide bonds. The number of nitrogens with zero attached hydrogens (tertiary/aromatic N) is 4. The van der Waals surface area contributed by atoms with E-state index in [1.54, 1.807) is 7.05 Å². The predicted molar refractivity (Wildman–Crippen MR) is 129 cm³/mol. The Kier molecular flexibility index (Phi) is 8.53. The van der Waals surface area contributed by atoms with Crippen LogP contribution in [0.1, 0.15) is 24.0 Å². The fourth-order valence-corrected chi connectivity index (χ4v) is 4.42. The van der Waals surface area contributed by atoms with Crippen LogP contribution in [0.25, 0.3) is 0 Å². The van der Waals surface area contributed by atoms with Gasteiger partial charge in [-0.2, -0.15) is 0 Å². The number of amides is 2. The molecule has 0 radical (unpaired) electrons. The van der Waals surface area contributed by atoms with E-state index >= 15 is 0 Å². The van der Waals surface area contributed by atoms with Gasteiger partial charge in [0.1, 0.15) is 6.10 Å². The van der Waals surface area contributed by atoms with Crippen LogP contribution < -0.4 is 5.32 Å². The summed E-state index contributed by atoms with van der Waals surface area (Å²) in [5.41, 5.74) is 2.56. The molecule has 3 heterocycles. The van der Waals surface area contributed by atoms with Gasteiger partial charge < -0.3 is 24.8 Å². The summed E-state index contributed by atoms with van der Waals surface area (Å²) in [6.07, 6.45) is 2.42. The molecule has 8 nitrogen and oxygen atoms in total. The number of hydrogen-bond acceptors (Lipinski definition) is 4. The van der Waals surface area contributed by atoms with Crippen LogP contribution in [0.3, 0.4) is 0 Å². The van der Waals surface area contributed by atoms with E-state index < -0.39 is 0 Å². The number of nitrogens with one attached hydrogen (secondary N) is 1. The number of carbonyl (C=O) groups excluding carboxylic acids is 2. The lowest BCUT2D eigenvalue weighted by Crippen LogP contribution is -2.56. The van der Waals surface area contributed by atoms with Gasteiger partial charge in [0.25, 0.3) is 5.91 Å². The molecular formula is C22H32IN5O3. The lowest BCUT2D eigenvalue weighted by Gasteiger charge is -2.37. The molecule has 1 atom stereocenters. The maximum absolute atomic E-state index is 12.7. The van der Waals surface area contributed by atoms with Crippen LogP contribution in [-0.2, 0) is 27.3 Å². The first-order chi connectivity index (χ1) is 14.7. The summed E-state index contributed by atoms with van der Waals surface area (Å²) in [6.45, 7) is 5.02. The Morgan fingerprint density at radius 2 is 1.77 bits per heavy atom. The number of piperazine rings is 1. The average molecular weight is 541 g/mol. The highest BCUT2D eigenvalue weighted by Gasteiger charge is 2.31. The fraction of sp³-hybridized carbons (Fsp3) is 0.591. The number of rotatable bonds is 3. The summed E-state index contributed by atoms with van der Waals surface area (Å²) in [4.78, 5) is 35.5. The highest BCUT2D eigenvalue weighted by molar-refractivity contribution is 14.0. The third-order valence-electron chi connectivity index (χ3n) is 6.19. The highest BCUT2D eigenvalue weighted by atomic mass is 127. The molecule has 170 valence electrons. The van der Waals surface area contributed by atoms with Crippen molar-refractivity contribution in [2.24, 2.45) is 4.99 Å². The van der Waals surface area contributed by atoms with E-state index in [9.17, 15) is 9.59 Å². The molecule has 1 N–H and O–H groups in total. The standard InChI is InChI=1S/C22H31N5O3.HI/c1-23-22(26-12-10-25(11-13-26)21(29)19-7-4-14-30-19)24-15-20(28)27-9-8-17-5-2-3-6-18(17)16-27;/h2-3,5-6,19H,4,7-16H2,1H3,(H,23,24);1H. The van der Waals surface area contributed by atoms with Crippen LogP contribution in [-0.4, -0.2) is 91.5 Å². The Hall–Kier alpha value is -1.88. The van der Waals surface area contributed by atoms with Crippen LogP contribution in [0.4, 0.5) is 0 Å². The summed E-state index contributed by atoms with van der Waals surface area (Å²) in [5, 5.41) is 3.22. The monoisotopic (exact) mass is 541 g/mol. The summed E-state index contributed by atoms with van der Waals surface area (Å²) in [5.74, 6) is 0.901. The number of aliphatic imine (C=N–C) groups is 1.